The molecule has 0 spiro atoms. The van der Waals surface area contributed by atoms with Gasteiger partial charge in [-0.25, -0.2) is 0 Å². The molecule has 0 atom stereocenters. The van der Waals surface area contributed by atoms with E-state index in [4.69, 9.17) is 16.3 Å². The molecule has 0 radical (unpaired) electrons. The molecule has 0 heterocycles. The minimum Gasteiger partial charge on any atom is -0.497 e. The van der Waals surface area contributed by atoms with Crippen molar-refractivity contribution in [3.63, 3.8) is 0 Å². The number of aliphatic imine (C=N–C) groups is 1. The molecule has 2 aromatic rings. The van der Waals surface area contributed by atoms with Crippen molar-refractivity contribution >= 4 is 41.5 Å². The molecule has 0 amide bonds. The van der Waals surface area contributed by atoms with E-state index in [9.17, 15) is 0 Å². The summed E-state index contributed by atoms with van der Waals surface area (Å²) in [5, 5.41) is 7.36. The van der Waals surface area contributed by atoms with Gasteiger partial charge in [0.25, 0.3) is 0 Å². The normalized spacial score (nSPS) is 10.7. The summed E-state index contributed by atoms with van der Waals surface area (Å²) in [6.07, 6.45) is 0.889. The molecule has 0 aromatic heterocycles. The van der Waals surface area contributed by atoms with Gasteiger partial charge in [0.05, 0.1) is 7.11 Å². The van der Waals surface area contributed by atoms with Gasteiger partial charge < -0.3 is 15.4 Å². The fraction of sp³-hybridized carbons (Fsp3) is 0.278. The van der Waals surface area contributed by atoms with Crippen LogP contribution in [0.4, 0.5) is 0 Å². The van der Waals surface area contributed by atoms with E-state index in [-0.39, 0.29) is 24.0 Å². The summed E-state index contributed by atoms with van der Waals surface area (Å²) in [7, 11) is 3.43. The van der Waals surface area contributed by atoms with Crippen LogP contribution in [0, 0.1) is 0 Å². The van der Waals surface area contributed by atoms with Crippen LogP contribution in [0.2, 0.25) is 5.02 Å². The minimum atomic E-state index is 0. The fourth-order valence-electron chi connectivity index (χ4n) is 2.21. The number of hydrogen-bond donors (Lipinski definition) is 2. The molecule has 2 aromatic carbocycles. The van der Waals surface area contributed by atoms with Crippen LogP contribution in [0.25, 0.3) is 0 Å². The van der Waals surface area contributed by atoms with Gasteiger partial charge in [-0.2, -0.15) is 0 Å². The van der Waals surface area contributed by atoms with Crippen LogP contribution < -0.4 is 15.4 Å². The summed E-state index contributed by atoms with van der Waals surface area (Å²) in [4.78, 5) is 4.23. The van der Waals surface area contributed by atoms with Crippen molar-refractivity contribution < 1.29 is 4.74 Å². The van der Waals surface area contributed by atoms with E-state index in [0.717, 1.165) is 35.3 Å². The number of guanidine groups is 1. The first-order chi connectivity index (χ1) is 11.2. The highest BCUT2D eigenvalue weighted by Gasteiger charge is 2.00. The van der Waals surface area contributed by atoms with Crippen LogP contribution in [0.5, 0.6) is 5.75 Å². The van der Waals surface area contributed by atoms with Crippen LogP contribution in [0.3, 0.4) is 0 Å². The number of benzene rings is 2. The Morgan fingerprint density at radius 3 is 2.54 bits per heavy atom. The smallest absolute Gasteiger partial charge is 0.191 e. The van der Waals surface area contributed by atoms with Crippen LogP contribution >= 0.6 is 35.6 Å². The van der Waals surface area contributed by atoms with Crippen molar-refractivity contribution in [2.24, 2.45) is 4.99 Å². The zero-order chi connectivity index (χ0) is 16.5. The van der Waals surface area contributed by atoms with Crippen molar-refractivity contribution in [1.82, 2.24) is 10.6 Å². The van der Waals surface area contributed by atoms with Gasteiger partial charge in [-0.05, 0) is 41.8 Å². The van der Waals surface area contributed by atoms with Gasteiger partial charge >= 0.3 is 0 Å². The average Bonchev–Trinajstić information content (AvgIpc) is 2.58. The molecule has 0 aliphatic carbocycles. The highest BCUT2D eigenvalue weighted by atomic mass is 127. The number of hydrogen-bond acceptors (Lipinski definition) is 2. The van der Waals surface area contributed by atoms with Crippen molar-refractivity contribution in [3.8, 4) is 5.75 Å². The molecule has 130 valence electrons. The van der Waals surface area contributed by atoms with Crippen molar-refractivity contribution in [2.45, 2.75) is 13.0 Å². The topological polar surface area (TPSA) is 45.7 Å². The number of methoxy groups -OCH3 is 1. The third kappa shape index (κ3) is 6.97. The molecule has 0 bridgehead atoms. The predicted octanol–water partition coefficient (Wildman–Crippen LogP) is 3.87. The lowest BCUT2D eigenvalue weighted by Gasteiger charge is -2.12. The second kappa shape index (κ2) is 11.1. The van der Waals surface area contributed by atoms with Crippen LogP contribution in [0.1, 0.15) is 11.1 Å². The molecule has 0 fully saturated rings. The average molecular weight is 460 g/mol. The quantitative estimate of drug-likeness (QED) is 0.392. The van der Waals surface area contributed by atoms with Gasteiger partial charge in [0.1, 0.15) is 5.75 Å². The maximum absolute atomic E-state index is 5.99. The number of nitrogens with zero attached hydrogens (tertiary/aromatic N) is 1. The summed E-state index contributed by atoms with van der Waals surface area (Å²) in [5.41, 5.74) is 2.34. The largest absolute Gasteiger partial charge is 0.497 e. The van der Waals surface area contributed by atoms with Gasteiger partial charge in [0, 0.05) is 25.2 Å². The number of nitrogens with one attached hydrogen (secondary N) is 2. The number of ether oxygens (including phenoxy) is 1. The SMILES string of the molecule is CN=C(NCCc1cccc(Cl)c1)NCc1cccc(OC)c1.I. The van der Waals surface area contributed by atoms with Gasteiger partial charge in [0.2, 0.25) is 0 Å². The first-order valence-corrected chi connectivity index (χ1v) is 7.91. The maximum atomic E-state index is 5.99. The zero-order valence-corrected chi connectivity index (χ0v) is 17.0. The van der Waals surface area contributed by atoms with Crippen molar-refractivity contribution in [3.05, 3.63) is 64.7 Å². The first-order valence-electron chi connectivity index (χ1n) is 7.53. The summed E-state index contributed by atoms with van der Waals surface area (Å²) in [5.74, 6) is 1.63. The molecule has 0 aliphatic rings. The molecule has 0 aliphatic heterocycles. The van der Waals surface area contributed by atoms with Crippen LogP contribution in [-0.2, 0) is 13.0 Å². The molecule has 0 unspecified atom stereocenters. The van der Waals surface area contributed by atoms with E-state index in [2.05, 4.69) is 27.8 Å². The summed E-state index contributed by atoms with van der Waals surface area (Å²) in [6.45, 7) is 1.48. The summed E-state index contributed by atoms with van der Waals surface area (Å²) >= 11 is 5.99. The minimum absolute atomic E-state index is 0. The Hall–Kier alpha value is -1.47. The van der Waals surface area contributed by atoms with E-state index < -0.39 is 0 Å². The molecule has 0 saturated carbocycles. The van der Waals surface area contributed by atoms with Crippen molar-refractivity contribution in [1.29, 1.82) is 0 Å². The standard InChI is InChI=1S/C18H22ClN3O.HI/c1-20-18(21-10-9-14-5-3-7-16(19)11-14)22-13-15-6-4-8-17(12-15)23-2;/h3-8,11-12H,9-10,13H2,1-2H3,(H2,20,21,22);1H. The Bertz CT molecular complexity index is 664. The predicted molar refractivity (Wildman–Crippen MR) is 112 cm³/mol. The Kier molecular flexibility index (Phi) is 9.56. The lowest BCUT2D eigenvalue weighted by Crippen LogP contribution is -2.37. The summed E-state index contributed by atoms with van der Waals surface area (Å²) < 4.78 is 5.23. The second-order valence-corrected chi connectivity index (χ2v) is 5.52. The second-order valence-electron chi connectivity index (χ2n) is 5.08. The zero-order valence-electron chi connectivity index (χ0n) is 13.9. The highest BCUT2D eigenvalue weighted by molar-refractivity contribution is 14.0. The lowest BCUT2D eigenvalue weighted by atomic mass is 10.1. The number of halogens is 2. The summed E-state index contributed by atoms with van der Waals surface area (Å²) in [6, 6.07) is 15.9. The van der Waals surface area contributed by atoms with Gasteiger partial charge in [0.15, 0.2) is 5.96 Å². The van der Waals surface area contributed by atoms with E-state index >= 15 is 0 Å². The molecule has 0 saturated heterocycles. The van der Waals surface area contributed by atoms with E-state index in [1.165, 1.54) is 5.56 Å². The third-order valence-electron chi connectivity index (χ3n) is 3.41. The maximum Gasteiger partial charge on any atom is 0.191 e. The van der Waals surface area contributed by atoms with E-state index in [1.807, 2.05) is 36.4 Å². The Morgan fingerprint density at radius 1 is 1.08 bits per heavy atom. The van der Waals surface area contributed by atoms with Crippen LogP contribution in [-0.4, -0.2) is 26.7 Å². The number of rotatable bonds is 6. The lowest BCUT2D eigenvalue weighted by molar-refractivity contribution is 0.414. The fourth-order valence-corrected chi connectivity index (χ4v) is 2.42. The van der Waals surface area contributed by atoms with E-state index in [1.54, 1.807) is 14.2 Å². The third-order valence-corrected chi connectivity index (χ3v) is 3.65. The van der Waals surface area contributed by atoms with Gasteiger partial charge in [-0.3, -0.25) is 4.99 Å². The molecular formula is C18H23ClIN3O. The van der Waals surface area contributed by atoms with Gasteiger partial charge in [-0.15, -0.1) is 24.0 Å². The monoisotopic (exact) mass is 459 g/mol. The Balaban J connectivity index is 0.00000288. The highest BCUT2D eigenvalue weighted by Crippen LogP contribution is 2.12. The molecule has 2 rings (SSSR count). The first kappa shape index (κ1) is 20.6. The van der Waals surface area contributed by atoms with E-state index in [0.29, 0.717) is 6.54 Å². The Morgan fingerprint density at radius 2 is 1.83 bits per heavy atom. The Labute approximate surface area is 165 Å². The molecule has 24 heavy (non-hydrogen) atoms. The molecule has 2 N–H and O–H groups in total. The van der Waals surface area contributed by atoms with Gasteiger partial charge in [-0.1, -0.05) is 35.9 Å². The van der Waals surface area contributed by atoms with Crippen LogP contribution in [0.15, 0.2) is 53.5 Å². The molecule has 6 heteroatoms. The molecular weight excluding hydrogens is 437 g/mol. The molecule has 4 nitrogen and oxygen atoms in total. The van der Waals surface area contributed by atoms with Crippen molar-refractivity contribution in [2.75, 3.05) is 20.7 Å².